The molecule has 2 nitrogen and oxygen atoms in total. The topological polar surface area (TPSA) is 21.3 Å². The molecule has 1 unspecified atom stereocenters. The fourth-order valence-corrected chi connectivity index (χ4v) is 3.77. The van der Waals surface area contributed by atoms with Gasteiger partial charge in [-0.15, -0.1) is 12.4 Å². The predicted molar refractivity (Wildman–Crippen MR) is 91.0 cm³/mol. The summed E-state index contributed by atoms with van der Waals surface area (Å²) in [5.74, 6) is -0.760. The highest BCUT2D eigenvalue weighted by molar-refractivity contribution is 6.74. The molecule has 1 N–H and O–H groups in total. The number of nitrogens with one attached hydrogen (secondary N) is 1. The summed E-state index contributed by atoms with van der Waals surface area (Å²) in [5, 5.41) is 3.40. The molecule has 2 atom stereocenters. The van der Waals surface area contributed by atoms with Crippen molar-refractivity contribution in [2.75, 3.05) is 6.54 Å². The van der Waals surface area contributed by atoms with E-state index in [1.165, 1.54) is 12.1 Å². The minimum Gasteiger partial charge on any atom is -0.413 e. The van der Waals surface area contributed by atoms with Gasteiger partial charge in [-0.05, 0) is 42.8 Å². The first-order chi connectivity index (χ1) is 9.60. The molecular formula is C16H26ClF2NOSi. The molecule has 0 saturated carbocycles. The second-order valence-corrected chi connectivity index (χ2v) is 12.1. The van der Waals surface area contributed by atoms with Crippen LogP contribution in [-0.2, 0) is 4.43 Å². The van der Waals surface area contributed by atoms with Crippen LogP contribution >= 0.6 is 12.4 Å². The Morgan fingerprint density at radius 3 is 2.45 bits per heavy atom. The molecule has 2 rings (SSSR count). The van der Waals surface area contributed by atoms with Crippen molar-refractivity contribution in [3.63, 3.8) is 0 Å². The zero-order chi connectivity index (χ0) is 15.8. The Kier molecular flexibility index (Phi) is 6.18. The maximum Gasteiger partial charge on any atom is 0.192 e. The molecule has 1 aliphatic rings. The molecule has 1 aliphatic heterocycles. The molecule has 1 fully saturated rings. The third-order valence-electron chi connectivity index (χ3n) is 4.69. The lowest BCUT2D eigenvalue weighted by atomic mass is 10.0. The van der Waals surface area contributed by atoms with Crippen LogP contribution in [0.1, 0.15) is 38.8 Å². The molecule has 22 heavy (non-hydrogen) atoms. The van der Waals surface area contributed by atoms with E-state index in [0.717, 1.165) is 6.07 Å². The van der Waals surface area contributed by atoms with Gasteiger partial charge in [0.1, 0.15) is 11.6 Å². The standard InChI is InChI=1S/C16H25F2NOSi.ClH/c1-16(2,3)21(4,5)20-12-9-15(19-10-12)13-8-11(17)6-7-14(13)18;/h6-8,12,15,19H,9-10H2,1-5H3;1H/t12-,15?;/m1./s1. The fourth-order valence-electron chi connectivity index (χ4n) is 2.41. The molecule has 1 aromatic rings. The van der Waals surface area contributed by atoms with Crippen LogP contribution < -0.4 is 5.32 Å². The Bertz CT molecular complexity index is 519. The van der Waals surface area contributed by atoms with Gasteiger partial charge in [-0.1, -0.05) is 20.8 Å². The molecule has 1 heterocycles. The molecule has 0 bridgehead atoms. The number of benzene rings is 1. The van der Waals surface area contributed by atoms with Crippen molar-refractivity contribution in [2.45, 2.75) is 57.5 Å². The van der Waals surface area contributed by atoms with Gasteiger partial charge in [-0.25, -0.2) is 8.78 Å². The molecule has 1 aromatic carbocycles. The van der Waals surface area contributed by atoms with Crippen LogP contribution in [0.5, 0.6) is 0 Å². The summed E-state index contributed by atoms with van der Waals surface area (Å²) in [4.78, 5) is 0. The maximum atomic E-state index is 13.8. The second kappa shape index (κ2) is 6.95. The minimum absolute atomic E-state index is 0. The minimum atomic E-state index is -1.83. The fraction of sp³-hybridized carbons (Fsp3) is 0.625. The molecule has 126 valence electrons. The summed E-state index contributed by atoms with van der Waals surface area (Å²) in [6, 6.07) is 3.45. The van der Waals surface area contributed by atoms with Gasteiger partial charge in [0.25, 0.3) is 0 Å². The lowest BCUT2D eigenvalue weighted by molar-refractivity contribution is 0.197. The van der Waals surface area contributed by atoms with E-state index in [0.29, 0.717) is 18.5 Å². The summed E-state index contributed by atoms with van der Waals surface area (Å²) in [7, 11) is -1.83. The van der Waals surface area contributed by atoms with E-state index in [9.17, 15) is 8.78 Å². The van der Waals surface area contributed by atoms with Crippen LogP contribution in [0.15, 0.2) is 18.2 Å². The Hall–Kier alpha value is -0.493. The average Bonchev–Trinajstić information content (AvgIpc) is 2.78. The van der Waals surface area contributed by atoms with Crippen LogP contribution in [-0.4, -0.2) is 21.0 Å². The normalized spacial score (nSPS) is 22.5. The van der Waals surface area contributed by atoms with Gasteiger partial charge in [-0.3, -0.25) is 0 Å². The van der Waals surface area contributed by atoms with Crippen LogP contribution in [0.4, 0.5) is 8.78 Å². The Balaban J connectivity index is 0.00000242. The van der Waals surface area contributed by atoms with E-state index >= 15 is 0 Å². The number of hydrogen-bond donors (Lipinski definition) is 1. The van der Waals surface area contributed by atoms with Crippen LogP contribution in [0, 0.1) is 11.6 Å². The van der Waals surface area contributed by atoms with Gasteiger partial charge >= 0.3 is 0 Å². The van der Waals surface area contributed by atoms with Gasteiger partial charge in [0.05, 0.1) is 6.10 Å². The Labute approximate surface area is 139 Å². The molecule has 1 saturated heterocycles. The monoisotopic (exact) mass is 349 g/mol. The van der Waals surface area contributed by atoms with E-state index in [4.69, 9.17) is 4.43 Å². The van der Waals surface area contributed by atoms with Gasteiger partial charge in [0.2, 0.25) is 0 Å². The van der Waals surface area contributed by atoms with E-state index in [1.807, 2.05) is 0 Å². The molecular weight excluding hydrogens is 324 g/mol. The number of rotatable bonds is 3. The smallest absolute Gasteiger partial charge is 0.192 e. The van der Waals surface area contributed by atoms with Crippen LogP contribution in [0.3, 0.4) is 0 Å². The third-order valence-corrected chi connectivity index (χ3v) is 9.23. The molecule has 0 radical (unpaired) electrons. The summed E-state index contributed by atoms with van der Waals surface area (Å²) in [5.41, 5.74) is 0.399. The number of halogens is 3. The Morgan fingerprint density at radius 1 is 1.23 bits per heavy atom. The lowest BCUT2D eigenvalue weighted by Gasteiger charge is -2.38. The highest BCUT2D eigenvalue weighted by Gasteiger charge is 2.41. The molecule has 6 heteroatoms. The van der Waals surface area contributed by atoms with E-state index < -0.39 is 14.1 Å². The average molecular weight is 350 g/mol. The quantitative estimate of drug-likeness (QED) is 0.790. The van der Waals surface area contributed by atoms with Gasteiger partial charge in [0, 0.05) is 18.2 Å². The highest BCUT2D eigenvalue weighted by Crippen LogP contribution is 2.39. The van der Waals surface area contributed by atoms with Gasteiger partial charge in [-0.2, -0.15) is 0 Å². The Morgan fingerprint density at radius 2 is 1.86 bits per heavy atom. The predicted octanol–water partition coefficient (Wildman–Crippen LogP) is 4.81. The van der Waals surface area contributed by atoms with Gasteiger partial charge in [0.15, 0.2) is 8.32 Å². The van der Waals surface area contributed by atoms with Crippen molar-refractivity contribution >= 4 is 20.7 Å². The lowest BCUT2D eigenvalue weighted by Crippen LogP contribution is -2.44. The van der Waals surface area contributed by atoms with Crippen molar-refractivity contribution in [2.24, 2.45) is 0 Å². The van der Waals surface area contributed by atoms with Crippen molar-refractivity contribution in [1.82, 2.24) is 5.32 Å². The molecule has 0 aromatic heterocycles. The maximum absolute atomic E-state index is 13.8. The first-order valence-corrected chi connectivity index (χ1v) is 10.4. The highest BCUT2D eigenvalue weighted by atomic mass is 35.5. The second-order valence-electron chi connectivity index (χ2n) is 7.36. The van der Waals surface area contributed by atoms with Crippen molar-refractivity contribution in [1.29, 1.82) is 0 Å². The number of hydrogen-bond acceptors (Lipinski definition) is 2. The first kappa shape index (κ1) is 19.6. The third kappa shape index (κ3) is 4.28. The zero-order valence-corrected chi connectivity index (χ0v) is 15.7. The van der Waals surface area contributed by atoms with E-state index in [1.54, 1.807) is 0 Å². The molecule has 0 aliphatic carbocycles. The van der Waals surface area contributed by atoms with Crippen LogP contribution in [0.25, 0.3) is 0 Å². The summed E-state index contributed by atoms with van der Waals surface area (Å²) in [6.07, 6.45) is 0.755. The van der Waals surface area contributed by atoms with Crippen molar-refractivity contribution in [3.8, 4) is 0 Å². The zero-order valence-electron chi connectivity index (χ0n) is 13.9. The summed E-state index contributed by atoms with van der Waals surface area (Å²) in [6.45, 7) is 11.7. The van der Waals surface area contributed by atoms with E-state index in [-0.39, 0.29) is 35.4 Å². The largest absolute Gasteiger partial charge is 0.413 e. The summed E-state index contributed by atoms with van der Waals surface area (Å²) < 4.78 is 33.5. The van der Waals surface area contributed by atoms with Crippen molar-refractivity contribution in [3.05, 3.63) is 35.4 Å². The molecule has 0 spiro atoms. The summed E-state index contributed by atoms with van der Waals surface area (Å²) >= 11 is 0. The van der Waals surface area contributed by atoms with Crippen molar-refractivity contribution < 1.29 is 13.2 Å². The van der Waals surface area contributed by atoms with Gasteiger partial charge < -0.3 is 9.74 Å². The van der Waals surface area contributed by atoms with E-state index in [2.05, 4.69) is 39.2 Å². The molecule has 0 amide bonds. The SMILES string of the molecule is CC(C)(C)[Si](C)(C)O[C@H]1CNC(c2cc(F)ccc2F)C1.Cl. The van der Waals surface area contributed by atoms with Crippen LogP contribution in [0.2, 0.25) is 18.1 Å². The first-order valence-electron chi connectivity index (χ1n) is 7.46.